The number of hydrogen-bond donors (Lipinski definition) is 0. The van der Waals surface area contributed by atoms with Gasteiger partial charge in [0, 0.05) is 0 Å². The molecule has 0 unspecified atom stereocenters. The maximum atomic E-state index is 5.53. The quantitative estimate of drug-likeness (QED) is 0.487. The fraction of sp³-hybridized carbons (Fsp3) is 0.667. The van der Waals surface area contributed by atoms with Gasteiger partial charge in [-0.2, -0.15) is 0 Å². The van der Waals surface area contributed by atoms with Crippen molar-refractivity contribution in [3.63, 3.8) is 0 Å². The summed E-state index contributed by atoms with van der Waals surface area (Å²) in [5.41, 5.74) is 0. The van der Waals surface area contributed by atoms with E-state index in [0.717, 1.165) is 0 Å². The van der Waals surface area contributed by atoms with E-state index >= 15 is 0 Å². The molecule has 0 aliphatic heterocycles. The van der Waals surface area contributed by atoms with Gasteiger partial charge < -0.3 is 0 Å². The Labute approximate surface area is 60.0 Å². The predicted octanol–water partition coefficient (Wildman–Crippen LogP) is 1.55. The molecule has 0 aliphatic carbocycles. The van der Waals surface area contributed by atoms with Crippen molar-refractivity contribution < 1.29 is 13.5 Å². The zero-order chi connectivity index (χ0) is 5.86. The molecule has 0 fully saturated rings. The molecule has 4 heteroatoms. The summed E-state index contributed by atoms with van der Waals surface area (Å²) in [6.45, 7) is 0. The number of hydrogen-bond acceptors (Lipinski definition) is 0. The summed E-state index contributed by atoms with van der Waals surface area (Å²) >= 11 is -1.43. The van der Waals surface area contributed by atoms with Gasteiger partial charge in [-0.25, -0.2) is 0 Å². The minimum absolute atomic E-state index is 0.329. The van der Waals surface area contributed by atoms with E-state index in [9.17, 15) is 0 Å². The van der Waals surface area contributed by atoms with Crippen molar-refractivity contribution in [1.82, 2.24) is 0 Å². The van der Waals surface area contributed by atoms with Crippen LogP contribution in [-0.4, -0.2) is 16.5 Å². The van der Waals surface area contributed by atoms with Crippen molar-refractivity contribution in [2.45, 2.75) is 0 Å². The average molecular weight is 247 g/mol. The molecular formula is C3H7Cl2RuS+. The first kappa shape index (κ1) is 8.42. The fourth-order valence-corrected chi connectivity index (χ4v) is 6.71. The second-order valence-electron chi connectivity index (χ2n) is 1.17. The monoisotopic (exact) mass is 247 g/mol. The van der Waals surface area contributed by atoms with Gasteiger partial charge in [0.05, 0.1) is 0 Å². The van der Waals surface area contributed by atoms with Crippen LogP contribution >= 0.6 is 19.4 Å². The summed E-state index contributed by atoms with van der Waals surface area (Å²) in [5.74, 6) is 0. The van der Waals surface area contributed by atoms with Crippen molar-refractivity contribution in [3.05, 3.63) is 0 Å². The van der Waals surface area contributed by atoms with E-state index in [2.05, 4.69) is 12.5 Å². The van der Waals surface area contributed by atoms with Crippen molar-refractivity contribution >= 4 is 34.2 Å². The number of halogens is 2. The van der Waals surface area contributed by atoms with Crippen LogP contribution in [0.4, 0.5) is 0 Å². The molecule has 0 rings (SSSR count). The van der Waals surface area contributed by atoms with E-state index < -0.39 is 13.5 Å². The Balaban J connectivity index is 3.45. The minimum atomic E-state index is -1.43. The topological polar surface area (TPSA) is 0 Å². The van der Waals surface area contributed by atoms with Crippen LogP contribution in [-0.2, 0) is 24.4 Å². The Bertz CT molecular complexity index is 77.0. The number of rotatable bonds is 1. The van der Waals surface area contributed by atoms with Crippen LogP contribution in [0.1, 0.15) is 0 Å². The van der Waals surface area contributed by atoms with Crippen molar-refractivity contribution in [3.8, 4) is 0 Å². The summed E-state index contributed by atoms with van der Waals surface area (Å²) in [6, 6.07) is 0. The first-order valence-electron chi connectivity index (χ1n) is 1.52. The third-order valence-corrected chi connectivity index (χ3v) is 6.31. The maximum absolute atomic E-state index is 5.53. The SMILES string of the molecule is C[S+](C)[CH]=[Ru]([Cl])[Cl]. The molecule has 0 aromatic carbocycles. The van der Waals surface area contributed by atoms with E-state index in [0.29, 0.717) is 10.9 Å². The van der Waals surface area contributed by atoms with Gasteiger partial charge in [-0.1, -0.05) is 0 Å². The second-order valence-corrected chi connectivity index (χ2v) is 9.55. The van der Waals surface area contributed by atoms with Crippen molar-refractivity contribution in [2.24, 2.45) is 0 Å². The van der Waals surface area contributed by atoms with Gasteiger partial charge in [-0.3, -0.25) is 0 Å². The molecule has 0 saturated heterocycles. The molecule has 0 heterocycles. The fourth-order valence-electron chi connectivity index (χ4n) is 0.126. The van der Waals surface area contributed by atoms with E-state index in [1.807, 2.05) is 3.94 Å². The van der Waals surface area contributed by atoms with Crippen molar-refractivity contribution in [1.29, 1.82) is 0 Å². The molecule has 0 aromatic heterocycles. The first-order chi connectivity index (χ1) is 3.13. The van der Waals surface area contributed by atoms with E-state index in [-0.39, 0.29) is 0 Å². The van der Waals surface area contributed by atoms with Crippen LogP contribution in [0, 0.1) is 0 Å². The molecule has 0 nitrogen and oxygen atoms in total. The Morgan fingerprint density at radius 2 is 1.86 bits per heavy atom. The van der Waals surface area contributed by atoms with Crippen LogP contribution in [0.15, 0.2) is 0 Å². The van der Waals surface area contributed by atoms with Crippen LogP contribution < -0.4 is 0 Å². The van der Waals surface area contributed by atoms with Crippen LogP contribution in [0.5, 0.6) is 0 Å². The van der Waals surface area contributed by atoms with Crippen LogP contribution in [0.3, 0.4) is 0 Å². The Kier molecular flexibility index (Phi) is 5.19. The van der Waals surface area contributed by atoms with E-state index in [1.165, 1.54) is 0 Å². The normalized spacial score (nSPS) is 11.9. The van der Waals surface area contributed by atoms with Gasteiger partial charge in [0.25, 0.3) is 0 Å². The molecule has 0 N–H and O–H groups in total. The summed E-state index contributed by atoms with van der Waals surface area (Å²) in [5, 5.41) is 0. The summed E-state index contributed by atoms with van der Waals surface area (Å²) < 4.78 is 2.04. The molecule has 0 aromatic rings. The molecule has 0 saturated carbocycles. The van der Waals surface area contributed by atoms with Gasteiger partial charge in [0.2, 0.25) is 0 Å². The zero-order valence-electron chi connectivity index (χ0n) is 4.10. The molecule has 0 spiro atoms. The third kappa shape index (κ3) is 7.42. The standard InChI is InChI=1S/C3H7S.2ClH.Ru/c1-4(2)3;;;/h1H,2-3H3;2*1H;/q+1;;;+2/p-2. The van der Waals surface area contributed by atoms with Gasteiger partial charge in [-0.05, 0) is 0 Å². The predicted molar refractivity (Wildman–Crippen MR) is 37.0 cm³/mol. The van der Waals surface area contributed by atoms with Gasteiger partial charge >= 0.3 is 60.2 Å². The molecule has 7 heavy (non-hydrogen) atoms. The molecule has 0 atom stereocenters. The zero-order valence-corrected chi connectivity index (χ0v) is 8.16. The summed E-state index contributed by atoms with van der Waals surface area (Å²) in [7, 11) is 11.4. The first-order valence-corrected chi connectivity index (χ1v) is 9.11. The van der Waals surface area contributed by atoms with E-state index in [4.69, 9.17) is 19.4 Å². The van der Waals surface area contributed by atoms with Gasteiger partial charge in [-0.15, -0.1) is 0 Å². The Morgan fingerprint density at radius 1 is 1.43 bits per heavy atom. The van der Waals surface area contributed by atoms with Crippen molar-refractivity contribution in [2.75, 3.05) is 12.5 Å². The average Bonchev–Trinajstić information content (AvgIpc) is 1.27. The van der Waals surface area contributed by atoms with Crippen LogP contribution in [0.2, 0.25) is 0 Å². The summed E-state index contributed by atoms with van der Waals surface area (Å²) in [6.07, 6.45) is 4.21. The molecule has 0 bridgehead atoms. The van der Waals surface area contributed by atoms with Gasteiger partial charge in [0.15, 0.2) is 0 Å². The molecule has 0 radical (unpaired) electrons. The molecular weight excluding hydrogens is 240 g/mol. The Hall–Kier alpha value is 1.42. The molecule has 0 amide bonds. The second kappa shape index (κ2) is 4.32. The van der Waals surface area contributed by atoms with E-state index in [1.54, 1.807) is 0 Å². The van der Waals surface area contributed by atoms with Crippen LogP contribution in [0.25, 0.3) is 0 Å². The molecule has 46 valence electrons. The van der Waals surface area contributed by atoms with Gasteiger partial charge in [0.1, 0.15) is 0 Å². The Morgan fingerprint density at radius 3 is 1.86 bits per heavy atom. The summed E-state index contributed by atoms with van der Waals surface area (Å²) in [4.78, 5) is 0. The molecule has 0 aliphatic rings. The third-order valence-electron chi connectivity index (χ3n) is 0.230.